The van der Waals surface area contributed by atoms with Crippen LogP contribution >= 0.6 is 23.1 Å². The number of amides is 1. The summed E-state index contributed by atoms with van der Waals surface area (Å²) in [6.45, 7) is 7.52. The third-order valence-corrected chi connectivity index (χ3v) is 6.95. The van der Waals surface area contributed by atoms with Gasteiger partial charge < -0.3 is 15.4 Å². The number of halogens is 1. The maximum atomic E-state index is 12.8. The molecule has 7 nitrogen and oxygen atoms in total. The van der Waals surface area contributed by atoms with E-state index in [0.29, 0.717) is 5.02 Å². The zero-order valence-electron chi connectivity index (χ0n) is 19.6. The molecule has 1 unspecified atom stereocenters. The normalized spacial score (nSPS) is 14.0. The van der Waals surface area contributed by atoms with Crippen LogP contribution in [0.3, 0.4) is 0 Å². The zero-order valence-corrected chi connectivity index (χ0v) is 21.1. The Labute approximate surface area is 208 Å². The second-order valence-corrected chi connectivity index (χ2v) is 9.92. The van der Waals surface area contributed by atoms with Gasteiger partial charge in [-0.2, -0.15) is 4.37 Å². The Morgan fingerprint density at radius 2 is 2.03 bits per heavy atom. The summed E-state index contributed by atoms with van der Waals surface area (Å²) in [6.07, 6.45) is 0.387. The number of carbonyl (C=O) groups is 2. The van der Waals surface area contributed by atoms with Gasteiger partial charge in [-0.05, 0) is 53.8 Å². The number of ether oxygens (including phenoxy) is 1. The number of aromatic nitrogens is 1. The van der Waals surface area contributed by atoms with Crippen molar-refractivity contribution in [2.75, 3.05) is 29.9 Å². The van der Waals surface area contributed by atoms with Crippen molar-refractivity contribution in [3.63, 3.8) is 0 Å². The topological polar surface area (TPSA) is 83.6 Å². The van der Waals surface area contributed by atoms with Crippen molar-refractivity contribution >= 4 is 56.6 Å². The molecule has 0 aliphatic carbocycles. The molecule has 0 spiro atoms. The van der Waals surface area contributed by atoms with E-state index >= 15 is 0 Å². The maximum Gasteiger partial charge on any atom is 0.304 e. The molecule has 2 heterocycles. The maximum absolute atomic E-state index is 12.8. The van der Waals surface area contributed by atoms with Crippen molar-refractivity contribution in [1.29, 1.82) is 0 Å². The molecular weight excluding hydrogens is 472 g/mol. The summed E-state index contributed by atoms with van der Waals surface area (Å²) in [7, 11) is 0. The summed E-state index contributed by atoms with van der Waals surface area (Å²) in [5.74, 6) is 0.386. The lowest BCUT2D eigenvalue weighted by Crippen LogP contribution is -2.44. The van der Waals surface area contributed by atoms with Crippen LogP contribution in [0.2, 0.25) is 5.02 Å². The largest absolute Gasteiger partial charge is 0.441 e. The molecule has 0 saturated heterocycles. The van der Waals surface area contributed by atoms with Gasteiger partial charge in [0.05, 0.1) is 16.8 Å². The molecule has 34 heavy (non-hydrogen) atoms. The molecule has 3 aromatic rings. The van der Waals surface area contributed by atoms with E-state index in [1.165, 1.54) is 23.2 Å². The molecule has 1 amide bonds. The first-order valence-electron chi connectivity index (χ1n) is 11.4. The Morgan fingerprint density at radius 1 is 1.24 bits per heavy atom. The van der Waals surface area contributed by atoms with Gasteiger partial charge in [-0.15, -0.1) is 0 Å². The second kappa shape index (κ2) is 10.7. The fourth-order valence-electron chi connectivity index (χ4n) is 4.17. The van der Waals surface area contributed by atoms with Crippen LogP contribution in [0.15, 0.2) is 36.4 Å². The molecule has 2 aromatic carbocycles. The highest BCUT2D eigenvalue weighted by Crippen LogP contribution is 2.37. The minimum Gasteiger partial charge on any atom is -0.441 e. The highest BCUT2D eigenvalue weighted by Gasteiger charge is 2.37. The Bertz CT molecular complexity index is 1200. The predicted octanol–water partition coefficient (Wildman–Crippen LogP) is 4.63. The summed E-state index contributed by atoms with van der Waals surface area (Å²) in [6, 6.07) is 12.0. The van der Waals surface area contributed by atoms with Crippen LogP contribution in [-0.4, -0.2) is 42.1 Å². The second-order valence-electron chi connectivity index (χ2n) is 8.71. The van der Waals surface area contributed by atoms with E-state index in [1.807, 2.05) is 38.1 Å². The smallest absolute Gasteiger partial charge is 0.304 e. The number of hydrogen-bond acceptors (Lipinski definition) is 7. The Kier molecular flexibility index (Phi) is 7.70. The highest BCUT2D eigenvalue weighted by molar-refractivity contribution is 7.13. The fraction of sp³-hybridized carbons (Fsp3) is 0.400. The molecule has 1 aromatic heterocycles. The molecule has 9 heteroatoms. The third-order valence-electron chi connectivity index (χ3n) is 5.77. The fourth-order valence-corrected chi connectivity index (χ4v) is 5.17. The van der Waals surface area contributed by atoms with Gasteiger partial charge in [-0.3, -0.25) is 14.5 Å². The Balaban J connectivity index is 1.32. The van der Waals surface area contributed by atoms with Crippen molar-refractivity contribution in [2.24, 2.45) is 5.92 Å². The number of benzene rings is 2. The summed E-state index contributed by atoms with van der Waals surface area (Å²) >= 11 is 8.08. The van der Waals surface area contributed by atoms with E-state index in [9.17, 15) is 9.59 Å². The van der Waals surface area contributed by atoms with Crippen LogP contribution in [0.4, 0.5) is 11.5 Å². The summed E-state index contributed by atoms with van der Waals surface area (Å²) in [5.41, 5.74) is 2.64. The molecule has 2 N–H and O–H groups in total. The van der Waals surface area contributed by atoms with Crippen molar-refractivity contribution in [3.05, 3.63) is 52.5 Å². The van der Waals surface area contributed by atoms with Gasteiger partial charge >= 0.3 is 5.97 Å². The minimum atomic E-state index is -0.642. The summed E-state index contributed by atoms with van der Waals surface area (Å²) in [5, 5.41) is 8.57. The van der Waals surface area contributed by atoms with Gasteiger partial charge in [-0.1, -0.05) is 43.6 Å². The zero-order chi connectivity index (χ0) is 24.2. The number of nitrogens with one attached hydrogen (secondary N) is 2. The van der Waals surface area contributed by atoms with Crippen molar-refractivity contribution < 1.29 is 14.3 Å². The van der Waals surface area contributed by atoms with E-state index in [0.717, 1.165) is 54.1 Å². The van der Waals surface area contributed by atoms with Gasteiger partial charge in [-0.25, -0.2) is 0 Å². The molecule has 0 bridgehead atoms. The monoisotopic (exact) mass is 500 g/mol. The summed E-state index contributed by atoms with van der Waals surface area (Å²) in [4.78, 5) is 25.9. The number of fused-ring (bicyclic) bond motifs is 2. The number of anilines is 2. The molecule has 0 fully saturated rings. The van der Waals surface area contributed by atoms with Crippen LogP contribution in [0.25, 0.3) is 10.1 Å². The number of nitrogens with zero attached hydrogens (tertiary/aromatic N) is 2. The number of hydrogen-bond donors (Lipinski definition) is 2. The first kappa shape index (κ1) is 24.4. The first-order chi connectivity index (χ1) is 16.3. The SMILES string of the molecule is CC(=O)OC(C(C)C)N1C(=O)Cc2cc(CCNCCNc3nsc4ccccc34)c(Cl)cc21. The average molecular weight is 501 g/mol. The van der Waals surface area contributed by atoms with E-state index < -0.39 is 12.2 Å². The Hall–Kier alpha value is -2.68. The average Bonchev–Trinajstić information content (AvgIpc) is 3.34. The molecule has 1 atom stereocenters. The lowest BCUT2D eigenvalue weighted by molar-refractivity contribution is -0.149. The number of esters is 1. The molecule has 0 radical (unpaired) electrons. The first-order valence-corrected chi connectivity index (χ1v) is 12.6. The van der Waals surface area contributed by atoms with Crippen molar-refractivity contribution in [3.8, 4) is 0 Å². The van der Waals surface area contributed by atoms with Gasteiger partial charge in [0.15, 0.2) is 6.23 Å². The van der Waals surface area contributed by atoms with Crippen LogP contribution in [-0.2, 0) is 27.2 Å². The van der Waals surface area contributed by atoms with Crippen LogP contribution < -0.4 is 15.5 Å². The van der Waals surface area contributed by atoms with E-state index in [-0.39, 0.29) is 18.2 Å². The lowest BCUT2D eigenvalue weighted by Gasteiger charge is -2.31. The molecule has 1 aliphatic heterocycles. The third kappa shape index (κ3) is 5.35. The van der Waals surface area contributed by atoms with Crippen molar-refractivity contribution in [1.82, 2.24) is 9.69 Å². The summed E-state index contributed by atoms with van der Waals surface area (Å²) < 4.78 is 11.1. The molecular formula is C25H29ClN4O3S. The molecule has 1 aliphatic rings. The lowest BCUT2D eigenvalue weighted by atomic mass is 10.1. The van der Waals surface area contributed by atoms with E-state index in [2.05, 4.69) is 27.1 Å². The minimum absolute atomic E-state index is 0.0441. The predicted molar refractivity (Wildman–Crippen MR) is 138 cm³/mol. The standard InChI is InChI=1S/C25H29ClN4O3S/c1-15(2)25(33-16(3)31)30-21-14-20(26)17(12-18(21)13-23(30)32)8-9-27-10-11-28-24-19-6-4-5-7-22(19)34-29-24/h4-7,12,14-15,25,27H,8-11,13H2,1-3H3,(H,28,29). The van der Waals surface area contributed by atoms with Crippen molar-refractivity contribution in [2.45, 2.75) is 39.8 Å². The number of rotatable bonds is 10. The van der Waals surface area contributed by atoms with Gasteiger partial charge in [0.1, 0.15) is 5.82 Å². The quantitative estimate of drug-likeness (QED) is 0.312. The molecule has 180 valence electrons. The van der Waals surface area contributed by atoms with Crippen LogP contribution in [0.1, 0.15) is 31.9 Å². The highest BCUT2D eigenvalue weighted by atomic mass is 35.5. The molecule has 4 rings (SSSR count). The van der Waals surface area contributed by atoms with E-state index in [4.69, 9.17) is 16.3 Å². The van der Waals surface area contributed by atoms with Gasteiger partial charge in [0.2, 0.25) is 5.91 Å². The van der Waals surface area contributed by atoms with Crippen LogP contribution in [0.5, 0.6) is 0 Å². The van der Waals surface area contributed by atoms with Crippen LogP contribution in [0, 0.1) is 5.92 Å². The van der Waals surface area contributed by atoms with Gasteiger partial charge in [0, 0.05) is 36.3 Å². The Morgan fingerprint density at radius 3 is 2.79 bits per heavy atom. The van der Waals surface area contributed by atoms with E-state index in [1.54, 1.807) is 4.90 Å². The van der Waals surface area contributed by atoms with Gasteiger partial charge in [0.25, 0.3) is 0 Å². The molecule has 0 saturated carbocycles. The number of carbonyl (C=O) groups excluding carboxylic acids is 2.